The first-order chi connectivity index (χ1) is 9.74. The van der Waals surface area contributed by atoms with Gasteiger partial charge in [0.1, 0.15) is 5.39 Å². The van der Waals surface area contributed by atoms with Gasteiger partial charge in [-0.1, -0.05) is 28.1 Å². The molecule has 0 saturated heterocycles. The minimum atomic E-state index is -0.0991. The van der Waals surface area contributed by atoms with Gasteiger partial charge in [0.05, 0.1) is 11.9 Å². The Hall–Kier alpha value is -1.99. The molecule has 0 saturated carbocycles. The van der Waals surface area contributed by atoms with Crippen molar-refractivity contribution in [2.75, 3.05) is 0 Å². The number of hydrogen-bond acceptors (Lipinski definition) is 4. The highest BCUT2D eigenvalue weighted by molar-refractivity contribution is 9.10. The lowest BCUT2D eigenvalue weighted by atomic mass is 10.2. The van der Waals surface area contributed by atoms with Crippen LogP contribution >= 0.6 is 27.3 Å². The highest BCUT2D eigenvalue weighted by Gasteiger charge is 2.13. The lowest BCUT2D eigenvalue weighted by molar-refractivity contribution is 1.09. The SMILES string of the molecule is O=c1c2cn[nH]c2nc2scc(-c3ccc(Br)cc3)n12. The summed E-state index contributed by atoms with van der Waals surface area (Å²) in [5.41, 5.74) is 2.25. The molecule has 0 atom stereocenters. The number of halogens is 1. The zero-order chi connectivity index (χ0) is 13.7. The van der Waals surface area contributed by atoms with Gasteiger partial charge in [0, 0.05) is 9.85 Å². The summed E-state index contributed by atoms with van der Waals surface area (Å²) in [5.74, 6) is 0. The molecule has 4 aromatic rings. The molecule has 3 heterocycles. The number of aromatic amines is 1. The maximum absolute atomic E-state index is 12.5. The Kier molecular flexibility index (Phi) is 2.51. The van der Waals surface area contributed by atoms with E-state index in [1.807, 2.05) is 29.6 Å². The number of hydrogen-bond donors (Lipinski definition) is 1. The maximum atomic E-state index is 12.5. The largest absolute Gasteiger partial charge is 0.270 e. The molecule has 0 unspecified atom stereocenters. The smallest absolute Gasteiger partial charge is 0.268 e. The molecular formula is C13H7BrN4OS. The van der Waals surface area contributed by atoms with Crippen molar-refractivity contribution in [3.05, 3.63) is 50.7 Å². The van der Waals surface area contributed by atoms with E-state index in [0.717, 1.165) is 15.7 Å². The standard InChI is InChI=1S/C13H7BrN4OS/c14-8-3-1-7(2-4-8)10-6-20-13-16-11-9(5-15-17-11)12(19)18(10)13/h1-6H,(H,15,17). The molecule has 1 N–H and O–H groups in total. The molecule has 0 bridgehead atoms. The number of thiazole rings is 1. The van der Waals surface area contributed by atoms with Gasteiger partial charge >= 0.3 is 0 Å². The van der Waals surface area contributed by atoms with E-state index in [1.165, 1.54) is 17.5 Å². The highest BCUT2D eigenvalue weighted by Crippen LogP contribution is 2.26. The number of H-pyrrole nitrogens is 1. The van der Waals surface area contributed by atoms with Gasteiger partial charge < -0.3 is 0 Å². The van der Waals surface area contributed by atoms with Crippen LogP contribution in [0.5, 0.6) is 0 Å². The Bertz CT molecular complexity index is 983. The van der Waals surface area contributed by atoms with Crippen LogP contribution in [0.25, 0.3) is 27.3 Å². The fourth-order valence-electron chi connectivity index (χ4n) is 2.14. The van der Waals surface area contributed by atoms with E-state index in [0.29, 0.717) is 16.0 Å². The fraction of sp³-hybridized carbons (Fsp3) is 0. The summed E-state index contributed by atoms with van der Waals surface area (Å²) in [4.78, 5) is 17.6. The topological polar surface area (TPSA) is 63.0 Å². The van der Waals surface area contributed by atoms with Crippen LogP contribution < -0.4 is 5.56 Å². The molecule has 0 aliphatic heterocycles. The second-order valence-corrected chi connectivity index (χ2v) is 6.05. The Morgan fingerprint density at radius 3 is 2.85 bits per heavy atom. The first-order valence-corrected chi connectivity index (χ1v) is 7.50. The molecular weight excluding hydrogens is 340 g/mol. The summed E-state index contributed by atoms with van der Waals surface area (Å²) in [6.07, 6.45) is 1.51. The van der Waals surface area contributed by atoms with E-state index in [9.17, 15) is 4.79 Å². The van der Waals surface area contributed by atoms with Gasteiger partial charge in [-0.2, -0.15) is 5.10 Å². The molecule has 0 aliphatic carbocycles. The van der Waals surface area contributed by atoms with E-state index in [1.54, 1.807) is 4.40 Å². The fourth-order valence-corrected chi connectivity index (χ4v) is 3.30. The van der Waals surface area contributed by atoms with Crippen molar-refractivity contribution in [3.8, 4) is 11.3 Å². The number of fused-ring (bicyclic) bond motifs is 2. The van der Waals surface area contributed by atoms with Gasteiger partial charge in [-0.3, -0.25) is 14.3 Å². The molecule has 20 heavy (non-hydrogen) atoms. The third-order valence-electron chi connectivity index (χ3n) is 3.11. The molecule has 0 radical (unpaired) electrons. The molecule has 4 rings (SSSR count). The van der Waals surface area contributed by atoms with Crippen LogP contribution in [0, 0.1) is 0 Å². The minimum absolute atomic E-state index is 0.0991. The molecule has 7 heteroatoms. The number of nitrogens with zero attached hydrogens (tertiary/aromatic N) is 3. The van der Waals surface area contributed by atoms with Crippen LogP contribution in [0.1, 0.15) is 0 Å². The number of rotatable bonds is 1. The van der Waals surface area contributed by atoms with Crippen LogP contribution in [-0.4, -0.2) is 19.6 Å². The van der Waals surface area contributed by atoms with Crippen molar-refractivity contribution < 1.29 is 0 Å². The van der Waals surface area contributed by atoms with E-state index in [2.05, 4.69) is 31.1 Å². The third-order valence-corrected chi connectivity index (χ3v) is 4.46. The van der Waals surface area contributed by atoms with Gasteiger partial charge in [-0.25, -0.2) is 4.98 Å². The molecule has 3 aromatic heterocycles. The van der Waals surface area contributed by atoms with Crippen molar-refractivity contribution >= 4 is 43.3 Å². The molecule has 5 nitrogen and oxygen atoms in total. The molecule has 0 amide bonds. The molecule has 0 spiro atoms. The van der Waals surface area contributed by atoms with Crippen LogP contribution in [0.4, 0.5) is 0 Å². The maximum Gasteiger partial charge on any atom is 0.270 e. The molecule has 98 valence electrons. The monoisotopic (exact) mass is 346 g/mol. The average molecular weight is 347 g/mol. The van der Waals surface area contributed by atoms with Crippen molar-refractivity contribution in [2.45, 2.75) is 0 Å². The zero-order valence-corrected chi connectivity index (χ0v) is 12.4. The Morgan fingerprint density at radius 2 is 2.05 bits per heavy atom. The number of nitrogens with one attached hydrogen (secondary N) is 1. The molecule has 0 aliphatic rings. The van der Waals surface area contributed by atoms with Gasteiger partial charge in [0.25, 0.3) is 5.56 Å². The minimum Gasteiger partial charge on any atom is -0.268 e. The molecule has 1 aromatic carbocycles. The first-order valence-electron chi connectivity index (χ1n) is 5.83. The van der Waals surface area contributed by atoms with Gasteiger partial charge in [-0.05, 0) is 17.7 Å². The van der Waals surface area contributed by atoms with Crippen molar-refractivity contribution in [1.82, 2.24) is 19.6 Å². The predicted octanol–water partition coefficient (Wildman–Crippen LogP) is 3.06. The second-order valence-electron chi connectivity index (χ2n) is 4.30. The van der Waals surface area contributed by atoms with E-state index in [4.69, 9.17) is 0 Å². The first kappa shape index (κ1) is 11.8. The third kappa shape index (κ3) is 1.63. The predicted molar refractivity (Wildman–Crippen MR) is 82.1 cm³/mol. The molecule has 0 fully saturated rings. The van der Waals surface area contributed by atoms with E-state index < -0.39 is 0 Å². The summed E-state index contributed by atoms with van der Waals surface area (Å²) in [6.45, 7) is 0. The zero-order valence-electron chi connectivity index (χ0n) is 10.0. The van der Waals surface area contributed by atoms with Crippen molar-refractivity contribution in [2.24, 2.45) is 0 Å². The van der Waals surface area contributed by atoms with Gasteiger partial charge in [-0.15, -0.1) is 11.3 Å². The lowest BCUT2D eigenvalue weighted by Gasteiger charge is -2.01. The van der Waals surface area contributed by atoms with E-state index in [-0.39, 0.29) is 5.56 Å². The summed E-state index contributed by atoms with van der Waals surface area (Å²) in [7, 11) is 0. The summed E-state index contributed by atoms with van der Waals surface area (Å²) < 4.78 is 2.63. The quantitative estimate of drug-likeness (QED) is 0.576. The average Bonchev–Trinajstić information content (AvgIpc) is 3.07. The second kappa shape index (κ2) is 4.26. The van der Waals surface area contributed by atoms with Crippen LogP contribution in [0.15, 0.2) is 45.1 Å². The number of aromatic nitrogens is 4. The lowest BCUT2D eigenvalue weighted by Crippen LogP contribution is -2.13. The van der Waals surface area contributed by atoms with Crippen molar-refractivity contribution in [3.63, 3.8) is 0 Å². The summed E-state index contributed by atoms with van der Waals surface area (Å²) in [6, 6.07) is 7.84. The normalized spacial score (nSPS) is 11.4. The Morgan fingerprint density at radius 1 is 1.25 bits per heavy atom. The van der Waals surface area contributed by atoms with Crippen LogP contribution in [0.2, 0.25) is 0 Å². The highest BCUT2D eigenvalue weighted by atomic mass is 79.9. The Balaban J connectivity index is 2.10. The van der Waals surface area contributed by atoms with Crippen LogP contribution in [-0.2, 0) is 0 Å². The number of benzene rings is 1. The van der Waals surface area contributed by atoms with Gasteiger partial charge in [0.15, 0.2) is 10.6 Å². The van der Waals surface area contributed by atoms with E-state index >= 15 is 0 Å². The summed E-state index contributed by atoms with van der Waals surface area (Å²) >= 11 is 4.85. The summed E-state index contributed by atoms with van der Waals surface area (Å²) in [5, 5.41) is 9.05. The van der Waals surface area contributed by atoms with Crippen LogP contribution in [0.3, 0.4) is 0 Å². The Labute approximate surface area is 125 Å². The van der Waals surface area contributed by atoms with Crippen molar-refractivity contribution in [1.29, 1.82) is 0 Å². The van der Waals surface area contributed by atoms with Gasteiger partial charge in [0.2, 0.25) is 0 Å².